The molecule has 3 rings (SSSR count). The molecule has 1 aromatic heterocycles. The molecule has 2 heterocycles. The van der Waals surface area contributed by atoms with Crippen LogP contribution in [0.4, 0.5) is 10.5 Å². The quantitative estimate of drug-likeness (QED) is 0.853. The number of aromatic nitrogens is 1. The number of anilines is 1. The molecule has 1 saturated heterocycles. The third-order valence-corrected chi connectivity index (χ3v) is 4.29. The second kappa shape index (κ2) is 8.38. The van der Waals surface area contributed by atoms with Crippen LogP contribution in [-0.2, 0) is 0 Å². The van der Waals surface area contributed by atoms with E-state index >= 15 is 0 Å². The Morgan fingerprint density at radius 2 is 2.08 bits per heavy atom. The number of piperazine rings is 1. The maximum atomic E-state index is 12.6. The molecule has 1 atom stereocenters. The molecule has 25 heavy (non-hydrogen) atoms. The van der Waals surface area contributed by atoms with Crippen LogP contribution < -0.4 is 15.4 Å². The SMILES string of the molecule is O=C(Nc1ccc(Cl)cc1)N1CCNCC1COc1cncc(Cl)c1. The van der Waals surface area contributed by atoms with E-state index in [0.717, 1.165) is 6.54 Å². The van der Waals surface area contributed by atoms with Crippen molar-refractivity contribution in [2.24, 2.45) is 0 Å². The molecule has 0 radical (unpaired) electrons. The molecule has 1 aromatic carbocycles. The van der Waals surface area contributed by atoms with E-state index in [1.165, 1.54) is 0 Å². The smallest absolute Gasteiger partial charge is 0.322 e. The maximum Gasteiger partial charge on any atom is 0.322 e. The van der Waals surface area contributed by atoms with E-state index in [0.29, 0.717) is 41.2 Å². The molecule has 8 heteroatoms. The van der Waals surface area contributed by atoms with Crippen molar-refractivity contribution in [2.75, 3.05) is 31.6 Å². The van der Waals surface area contributed by atoms with Crippen molar-refractivity contribution in [3.63, 3.8) is 0 Å². The number of ether oxygens (including phenoxy) is 1. The van der Waals surface area contributed by atoms with E-state index in [4.69, 9.17) is 27.9 Å². The molecular formula is C17H18Cl2N4O2. The van der Waals surface area contributed by atoms with Gasteiger partial charge in [0.25, 0.3) is 0 Å². The summed E-state index contributed by atoms with van der Waals surface area (Å²) >= 11 is 11.8. The van der Waals surface area contributed by atoms with Gasteiger partial charge in [-0.25, -0.2) is 4.79 Å². The van der Waals surface area contributed by atoms with Crippen LogP contribution in [0.5, 0.6) is 5.75 Å². The first-order chi connectivity index (χ1) is 12.1. The lowest BCUT2D eigenvalue weighted by Gasteiger charge is -2.35. The minimum absolute atomic E-state index is 0.0972. The van der Waals surface area contributed by atoms with Gasteiger partial charge in [0.15, 0.2) is 0 Å². The number of urea groups is 1. The van der Waals surface area contributed by atoms with Gasteiger partial charge >= 0.3 is 6.03 Å². The normalized spacial score (nSPS) is 17.2. The highest BCUT2D eigenvalue weighted by molar-refractivity contribution is 6.30. The number of hydrogen-bond acceptors (Lipinski definition) is 4. The topological polar surface area (TPSA) is 66.5 Å². The van der Waals surface area contributed by atoms with Gasteiger partial charge in [0.2, 0.25) is 0 Å². The van der Waals surface area contributed by atoms with Gasteiger partial charge in [-0.3, -0.25) is 4.98 Å². The lowest BCUT2D eigenvalue weighted by molar-refractivity contribution is 0.133. The maximum absolute atomic E-state index is 12.6. The fourth-order valence-electron chi connectivity index (χ4n) is 2.57. The monoisotopic (exact) mass is 380 g/mol. The summed E-state index contributed by atoms with van der Waals surface area (Å²) in [6, 6.07) is 8.45. The van der Waals surface area contributed by atoms with Crippen LogP contribution in [0, 0.1) is 0 Å². The number of hydrogen-bond donors (Lipinski definition) is 2. The molecule has 132 valence electrons. The largest absolute Gasteiger partial charge is 0.490 e. The Balaban J connectivity index is 1.61. The Hall–Kier alpha value is -2.02. The number of carbonyl (C=O) groups is 1. The van der Waals surface area contributed by atoms with Crippen molar-refractivity contribution in [1.29, 1.82) is 0 Å². The van der Waals surface area contributed by atoms with Gasteiger partial charge in [-0.2, -0.15) is 0 Å². The zero-order chi connectivity index (χ0) is 17.6. The number of benzene rings is 1. The van der Waals surface area contributed by atoms with Gasteiger partial charge in [-0.15, -0.1) is 0 Å². The van der Waals surface area contributed by atoms with Crippen molar-refractivity contribution in [3.8, 4) is 5.75 Å². The minimum Gasteiger partial charge on any atom is -0.490 e. The number of amides is 2. The van der Waals surface area contributed by atoms with Gasteiger partial charge in [0.1, 0.15) is 12.4 Å². The number of halogens is 2. The number of nitrogens with zero attached hydrogens (tertiary/aromatic N) is 2. The lowest BCUT2D eigenvalue weighted by Crippen LogP contribution is -2.57. The Bertz CT molecular complexity index is 727. The number of pyridine rings is 1. The van der Waals surface area contributed by atoms with Crippen molar-refractivity contribution >= 4 is 34.9 Å². The number of rotatable bonds is 4. The van der Waals surface area contributed by atoms with Crippen molar-refractivity contribution in [1.82, 2.24) is 15.2 Å². The molecule has 2 N–H and O–H groups in total. The molecular weight excluding hydrogens is 363 g/mol. The fourth-order valence-corrected chi connectivity index (χ4v) is 2.86. The number of nitrogens with one attached hydrogen (secondary N) is 2. The summed E-state index contributed by atoms with van der Waals surface area (Å²) in [5.74, 6) is 0.580. The molecule has 0 aliphatic carbocycles. The van der Waals surface area contributed by atoms with Crippen molar-refractivity contribution in [3.05, 3.63) is 52.8 Å². The minimum atomic E-state index is -0.165. The average molecular weight is 381 g/mol. The summed E-state index contributed by atoms with van der Waals surface area (Å²) in [6.45, 7) is 2.34. The van der Waals surface area contributed by atoms with E-state index in [1.54, 1.807) is 47.6 Å². The predicted octanol–water partition coefficient (Wildman–Crippen LogP) is 3.27. The summed E-state index contributed by atoms with van der Waals surface area (Å²) in [5, 5.41) is 7.30. The summed E-state index contributed by atoms with van der Waals surface area (Å²) in [7, 11) is 0. The van der Waals surface area contributed by atoms with E-state index in [2.05, 4.69) is 15.6 Å². The molecule has 1 fully saturated rings. The first kappa shape index (κ1) is 17.8. The van der Waals surface area contributed by atoms with Crippen molar-refractivity contribution < 1.29 is 9.53 Å². The zero-order valence-corrected chi connectivity index (χ0v) is 14.9. The Morgan fingerprint density at radius 3 is 2.84 bits per heavy atom. The number of carbonyl (C=O) groups excluding carboxylic acids is 1. The van der Waals surface area contributed by atoms with Gasteiger partial charge in [0, 0.05) is 42.6 Å². The zero-order valence-electron chi connectivity index (χ0n) is 13.4. The summed E-state index contributed by atoms with van der Waals surface area (Å²) in [6.07, 6.45) is 3.14. The molecule has 1 unspecified atom stereocenters. The van der Waals surface area contributed by atoms with Crippen LogP contribution in [0.3, 0.4) is 0 Å². The molecule has 0 saturated carbocycles. The van der Waals surface area contributed by atoms with Gasteiger partial charge in [-0.1, -0.05) is 23.2 Å². The highest BCUT2D eigenvalue weighted by Gasteiger charge is 2.27. The third kappa shape index (κ3) is 4.98. The highest BCUT2D eigenvalue weighted by atomic mass is 35.5. The van der Waals surface area contributed by atoms with E-state index < -0.39 is 0 Å². The standard InChI is InChI=1S/C17H18Cl2N4O2/c18-12-1-3-14(4-2-12)22-17(24)23-6-5-20-9-15(23)11-25-16-7-13(19)8-21-10-16/h1-4,7-8,10,15,20H,5-6,9,11H2,(H,22,24). The molecule has 1 aliphatic heterocycles. The Labute approximate surface area is 156 Å². The molecule has 0 bridgehead atoms. The Kier molecular flexibility index (Phi) is 5.96. The van der Waals surface area contributed by atoms with Crippen molar-refractivity contribution in [2.45, 2.75) is 6.04 Å². The van der Waals surface area contributed by atoms with Crippen LogP contribution in [-0.4, -0.2) is 48.2 Å². The van der Waals surface area contributed by atoms with Crippen LogP contribution in [0.15, 0.2) is 42.7 Å². The average Bonchev–Trinajstić information content (AvgIpc) is 2.62. The van der Waals surface area contributed by atoms with Crippen LogP contribution in [0.25, 0.3) is 0 Å². The molecule has 1 aliphatic rings. The summed E-state index contributed by atoms with van der Waals surface area (Å²) < 4.78 is 5.75. The Morgan fingerprint density at radius 1 is 1.28 bits per heavy atom. The lowest BCUT2D eigenvalue weighted by atomic mass is 10.2. The van der Waals surface area contributed by atoms with E-state index in [1.807, 2.05) is 0 Å². The van der Waals surface area contributed by atoms with Crippen LogP contribution in [0.2, 0.25) is 10.0 Å². The first-order valence-electron chi connectivity index (χ1n) is 7.89. The van der Waals surface area contributed by atoms with Gasteiger partial charge in [-0.05, 0) is 24.3 Å². The fraction of sp³-hybridized carbons (Fsp3) is 0.294. The molecule has 6 nitrogen and oxygen atoms in total. The van der Waals surface area contributed by atoms with E-state index in [9.17, 15) is 4.79 Å². The first-order valence-corrected chi connectivity index (χ1v) is 8.64. The third-order valence-electron chi connectivity index (χ3n) is 3.83. The summed E-state index contributed by atoms with van der Waals surface area (Å²) in [5.41, 5.74) is 0.701. The predicted molar refractivity (Wildman–Crippen MR) is 98.6 cm³/mol. The molecule has 2 aromatic rings. The van der Waals surface area contributed by atoms with Gasteiger partial charge in [0.05, 0.1) is 17.3 Å². The molecule has 0 spiro atoms. The summed E-state index contributed by atoms with van der Waals surface area (Å²) in [4.78, 5) is 18.3. The van der Waals surface area contributed by atoms with Crippen LogP contribution >= 0.6 is 23.2 Å². The second-order valence-corrected chi connectivity index (χ2v) is 6.51. The highest BCUT2D eigenvalue weighted by Crippen LogP contribution is 2.17. The van der Waals surface area contributed by atoms with E-state index in [-0.39, 0.29) is 12.1 Å². The molecule has 2 amide bonds. The van der Waals surface area contributed by atoms with Crippen LogP contribution in [0.1, 0.15) is 0 Å². The second-order valence-electron chi connectivity index (χ2n) is 5.64. The van der Waals surface area contributed by atoms with Gasteiger partial charge < -0.3 is 20.3 Å².